The predicted octanol–water partition coefficient (Wildman–Crippen LogP) is 1.42. The molecule has 0 aromatic rings. The summed E-state index contributed by atoms with van der Waals surface area (Å²) in [6.45, 7) is 1.22. The topological polar surface area (TPSA) is 12.0 Å². The van der Waals surface area contributed by atoms with Crippen LogP contribution in [0.15, 0.2) is 11.3 Å². The van der Waals surface area contributed by atoms with E-state index < -0.39 is 0 Å². The second kappa shape index (κ2) is 1.51. The molecule has 1 heterocycles. The minimum atomic E-state index is 1.22. The highest BCUT2D eigenvalue weighted by Crippen LogP contribution is 2.31. The Balaban J connectivity index is 2.18. The molecule has 1 heteroatoms. The van der Waals surface area contributed by atoms with Gasteiger partial charge in [-0.2, -0.15) is 0 Å². The maximum atomic E-state index is 3.40. The van der Waals surface area contributed by atoms with Gasteiger partial charge in [-0.05, 0) is 25.7 Å². The fraction of sp³-hybridized carbons (Fsp3) is 0.714. The van der Waals surface area contributed by atoms with Crippen LogP contribution in [0.5, 0.6) is 0 Å². The minimum Gasteiger partial charge on any atom is -0.388 e. The van der Waals surface area contributed by atoms with Crippen molar-refractivity contribution >= 4 is 0 Å². The normalized spacial score (nSPS) is 26.0. The first-order valence-electron chi connectivity index (χ1n) is 3.41. The predicted molar refractivity (Wildman–Crippen MR) is 33.5 cm³/mol. The summed E-state index contributed by atoms with van der Waals surface area (Å²) < 4.78 is 0. The number of hydrogen-bond acceptors (Lipinski definition) is 1. The third-order valence-corrected chi connectivity index (χ3v) is 2.10. The molecule has 0 radical (unpaired) electrons. The monoisotopic (exact) mass is 109 g/mol. The van der Waals surface area contributed by atoms with Gasteiger partial charge in [-0.1, -0.05) is 5.57 Å². The Morgan fingerprint density at radius 3 is 2.50 bits per heavy atom. The average molecular weight is 109 g/mol. The van der Waals surface area contributed by atoms with Crippen molar-refractivity contribution in [2.75, 3.05) is 6.54 Å². The van der Waals surface area contributed by atoms with Gasteiger partial charge in [-0.25, -0.2) is 0 Å². The molecule has 1 aliphatic heterocycles. The van der Waals surface area contributed by atoms with Gasteiger partial charge in [0.1, 0.15) is 0 Å². The largest absolute Gasteiger partial charge is 0.388 e. The van der Waals surface area contributed by atoms with Gasteiger partial charge in [-0.3, -0.25) is 0 Å². The van der Waals surface area contributed by atoms with Gasteiger partial charge in [0, 0.05) is 12.2 Å². The van der Waals surface area contributed by atoms with Crippen molar-refractivity contribution in [3.05, 3.63) is 11.3 Å². The van der Waals surface area contributed by atoms with Crippen molar-refractivity contribution in [3.63, 3.8) is 0 Å². The number of hydrogen-bond donors (Lipinski definition) is 1. The molecular formula is C7H11N. The summed E-state index contributed by atoms with van der Waals surface area (Å²) in [6.07, 6.45) is 5.44. The SMILES string of the molecule is C1CNC2=C(C1)CC2. The first kappa shape index (κ1) is 4.42. The Morgan fingerprint density at radius 1 is 1.12 bits per heavy atom. The van der Waals surface area contributed by atoms with E-state index in [1.807, 2.05) is 0 Å². The van der Waals surface area contributed by atoms with Gasteiger partial charge in [0.05, 0.1) is 0 Å². The van der Waals surface area contributed by atoms with E-state index in [1.54, 1.807) is 11.3 Å². The molecule has 0 atom stereocenters. The second-order valence-electron chi connectivity index (χ2n) is 2.61. The summed E-state index contributed by atoms with van der Waals surface area (Å²) in [5.74, 6) is 0. The van der Waals surface area contributed by atoms with Crippen LogP contribution in [0.3, 0.4) is 0 Å². The lowest BCUT2D eigenvalue weighted by molar-refractivity contribution is 0.555. The zero-order valence-corrected chi connectivity index (χ0v) is 5.04. The highest BCUT2D eigenvalue weighted by Gasteiger charge is 2.18. The van der Waals surface area contributed by atoms with Gasteiger partial charge in [0.15, 0.2) is 0 Å². The van der Waals surface area contributed by atoms with Crippen LogP contribution in [0.4, 0.5) is 0 Å². The molecule has 0 fully saturated rings. The van der Waals surface area contributed by atoms with Crippen LogP contribution in [0.1, 0.15) is 25.7 Å². The minimum absolute atomic E-state index is 1.22. The highest BCUT2D eigenvalue weighted by molar-refractivity contribution is 5.24. The molecule has 0 aromatic heterocycles. The van der Waals surface area contributed by atoms with Crippen LogP contribution in [-0.4, -0.2) is 6.54 Å². The van der Waals surface area contributed by atoms with Crippen LogP contribution in [0, 0.1) is 0 Å². The lowest BCUT2D eigenvalue weighted by Crippen LogP contribution is -2.26. The average Bonchev–Trinajstić information content (AvgIpc) is 1.72. The van der Waals surface area contributed by atoms with Crippen molar-refractivity contribution in [3.8, 4) is 0 Å². The smallest absolute Gasteiger partial charge is 0.0147 e. The number of rotatable bonds is 0. The van der Waals surface area contributed by atoms with Crippen molar-refractivity contribution in [1.82, 2.24) is 5.32 Å². The van der Waals surface area contributed by atoms with E-state index in [0.29, 0.717) is 0 Å². The van der Waals surface area contributed by atoms with Crippen molar-refractivity contribution in [2.45, 2.75) is 25.7 Å². The first-order chi connectivity index (χ1) is 3.97. The van der Waals surface area contributed by atoms with Crippen LogP contribution < -0.4 is 5.32 Å². The van der Waals surface area contributed by atoms with Crippen molar-refractivity contribution in [2.24, 2.45) is 0 Å². The maximum Gasteiger partial charge on any atom is 0.0147 e. The Labute approximate surface area is 49.8 Å². The van der Waals surface area contributed by atoms with Gasteiger partial charge in [-0.15, -0.1) is 0 Å². The van der Waals surface area contributed by atoms with Crippen molar-refractivity contribution in [1.29, 1.82) is 0 Å². The fourth-order valence-corrected chi connectivity index (χ4v) is 1.46. The molecule has 1 N–H and O–H groups in total. The zero-order valence-electron chi connectivity index (χ0n) is 5.04. The van der Waals surface area contributed by atoms with Crippen LogP contribution >= 0.6 is 0 Å². The molecule has 0 saturated carbocycles. The molecule has 2 rings (SSSR count). The number of allylic oxidation sites excluding steroid dienone is 2. The molecule has 2 aliphatic rings. The van der Waals surface area contributed by atoms with Gasteiger partial charge >= 0.3 is 0 Å². The molecule has 0 spiro atoms. The summed E-state index contributed by atoms with van der Waals surface area (Å²) in [4.78, 5) is 0. The molecule has 0 aromatic carbocycles. The van der Waals surface area contributed by atoms with Gasteiger partial charge in [0.2, 0.25) is 0 Å². The lowest BCUT2D eigenvalue weighted by Gasteiger charge is -2.29. The molecule has 0 unspecified atom stereocenters. The summed E-state index contributed by atoms with van der Waals surface area (Å²) >= 11 is 0. The van der Waals surface area contributed by atoms with Crippen LogP contribution in [-0.2, 0) is 0 Å². The molecule has 0 saturated heterocycles. The third kappa shape index (κ3) is 0.473. The van der Waals surface area contributed by atoms with E-state index in [4.69, 9.17) is 0 Å². The van der Waals surface area contributed by atoms with Crippen LogP contribution in [0.25, 0.3) is 0 Å². The van der Waals surface area contributed by atoms with E-state index in [0.717, 1.165) is 0 Å². The third-order valence-electron chi connectivity index (χ3n) is 2.10. The molecule has 0 bridgehead atoms. The molecule has 44 valence electrons. The molecule has 8 heavy (non-hydrogen) atoms. The standard InChI is InChI=1S/C7H11N/c1-2-6-3-4-7(6)8-5-1/h8H,1-5H2. The fourth-order valence-electron chi connectivity index (χ4n) is 1.46. The van der Waals surface area contributed by atoms with Gasteiger partial charge in [0.25, 0.3) is 0 Å². The van der Waals surface area contributed by atoms with Gasteiger partial charge < -0.3 is 5.32 Å². The summed E-state index contributed by atoms with van der Waals surface area (Å²) in [5, 5.41) is 3.40. The van der Waals surface area contributed by atoms with E-state index >= 15 is 0 Å². The quantitative estimate of drug-likeness (QED) is 0.496. The zero-order chi connectivity index (χ0) is 5.40. The summed E-state index contributed by atoms with van der Waals surface area (Å²) in [7, 11) is 0. The Hall–Kier alpha value is -0.460. The van der Waals surface area contributed by atoms with E-state index in [-0.39, 0.29) is 0 Å². The Morgan fingerprint density at radius 2 is 2.12 bits per heavy atom. The number of nitrogens with one attached hydrogen (secondary N) is 1. The molecule has 0 amide bonds. The maximum absolute atomic E-state index is 3.40. The second-order valence-corrected chi connectivity index (χ2v) is 2.61. The highest BCUT2D eigenvalue weighted by atomic mass is 14.9. The van der Waals surface area contributed by atoms with E-state index in [9.17, 15) is 0 Å². The Bertz CT molecular complexity index is 119. The molecular weight excluding hydrogens is 98.1 g/mol. The first-order valence-corrected chi connectivity index (χ1v) is 3.41. The van der Waals surface area contributed by atoms with E-state index in [2.05, 4.69) is 5.32 Å². The summed E-state index contributed by atoms with van der Waals surface area (Å²) in [6, 6.07) is 0. The van der Waals surface area contributed by atoms with Crippen molar-refractivity contribution < 1.29 is 0 Å². The lowest BCUT2D eigenvalue weighted by atomic mass is 9.88. The Kier molecular flexibility index (Phi) is 0.833. The van der Waals surface area contributed by atoms with E-state index in [1.165, 1.54) is 32.2 Å². The van der Waals surface area contributed by atoms with Crippen LogP contribution in [0.2, 0.25) is 0 Å². The molecule has 1 nitrogen and oxygen atoms in total. The molecule has 1 aliphatic carbocycles. The summed E-state index contributed by atoms with van der Waals surface area (Å²) in [5.41, 5.74) is 3.27.